The summed E-state index contributed by atoms with van der Waals surface area (Å²) in [4.78, 5) is 21.2. The van der Waals surface area contributed by atoms with Gasteiger partial charge in [-0.15, -0.1) is 5.92 Å². The van der Waals surface area contributed by atoms with Crippen molar-refractivity contribution in [3.63, 3.8) is 0 Å². The van der Waals surface area contributed by atoms with Crippen molar-refractivity contribution in [1.82, 2.24) is 0 Å². The quantitative estimate of drug-likeness (QED) is 0.309. The SMILES string of the molecule is CC#CCC1=CC(=O)OC1=O. The normalized spacial score (nSPS) is 15.2. The lowest BCUT2D eigenvalue weighted by Crippen LogP contribution is -2.01. The minimum atomic E-state index is -0.595. The number of cyclic esters (lactones) is 2. The third-order valence-electron chi connectivity index (χ3n) is 1.20. The molecule has 0 aromatic carbocycles. The molecular formula is C8H6O3. The minimum Gasteiger partial charge on any atom is -0.386 e. The lowest BCUT2D eigenvalue weighted by atomic mass is 10.2. The minimum absolute atomic E-state index is 0.293. The van der Waals surface area contributed by atoms with Gasteiger partial charge in [-0.25, -0.2) is 9.59 Å². The van der Waals surface area contributed by atoms with Gasteiger partial charge in [-0.3, -0.25) is 0 Å². The fourth-order valence-corrected chi connectivity index (χ4v) is 0.694. The summed E-state index contributed by atoms with van der Waals surface area (Å²) in [5, 5.41) is 0. The Labute approximate surface area is 64.0 Å². The van der Waals surface area contributed by atoms with E-state index in [9.17, 15) is 9.59 Å². The maximum Gasteiger partial charge on any atom is 0.343 e. The molecule has 0 radical (unpaired) electrons. The second-order valence-electron chi connectivity index (χ2n) is 1.98. The molecule has 0 aliphatic carbocycles. The third kappa shape index (κ3) is 1.68. The Kier molecular flexibility index (Phi) is 2.07. The molecule has 11 heavy (non-hydrogen) atoms. The summed E-state index contributed by atoms with van der Waals surface area (Å²) in [5.74, 6) is 4.12. The lowest BCUT2D eigenvalue weighted by molar-refractivity contribution is -0.150. The highest BCUT2D eigenvalue weighted by Gasteiger charge is 2.22. The van der Waals surface area contributed by atoms with Crippen LogP contribution < -0.4 is 0 Å². The molecule has 0 saturated heterocycles. The van der Waals surface area contributed by atoms with E-state index >= 15 is 0 Å². The molecule has 0 aromatic rings. The molecule has 1 rings (SSSR count). The summed E-state index contributed by atoms with van der Waals surface area (Å²) >= 11 is 0. The first kappa shape index (κ1) is 7.55. The van der Waals surface area contributed by atoms with E-state index in [0.29, 0.717) is 12.0 Å². The monoisotopic (exact) mass is 150 g/mol. The van der Waals surface area contributed by atoms with Crippen LogP contribution in [0, 0.1) is 11.8 Å². The Hall–Kier alpha value is -1.56. The van der Waals surface area contributed by atoms with E-state index in [2.05, 4.69) is 16.6 Å². The Bertz CT molecular complexity index is 288. The van der Waals surface area contributed by atoms with Crippen molar-refractivity contribution >= 4 is 11.9 Å². The van der Waals surface area contributed by atoms with E-state index in [1.807, 2.05) is 0 Å². The van der Waals surface area contributed by atoms with Gasteiger partial charge in [0.05, 0.1) is 5.57 Å². The first-order valence-corrected chi connectivity index (χ1v) is 3.10. The average molecular weight is 150 g/mol. The van der Waals surface area contributed by atoms with Crippen LogP contribution in [0.3, 0.4) is 0 Å². The van der Waals surface area contributed by atoms with Gasteiger partial charge in [0, 0.05) is 12.5 Å². The number of esters is 2. The Morgan fingerprint density at radius 3 is 2.73 bits per heavy atom. The average Bonchev–Trinajstić information content (AvgIpc) is 2.26. The van der Waals surface area contributed by atoms with E-state index in [4.69, 9.17) is 0 Å². The van der Waals surface area contributed by atoms with Crippen LogP contribution in [0.5, 0.6) is 0 Å². The number of carbonyl (C=O) groups excluding carboxylic acids is 2. The highest BCUT2D eigenvalue weighted by atomic mass is 16.6. The molecule has 0 atom stereocenters. The number of hydrogen-bond acceptors (Lipinski definition) is 3. The highest BCUT2D eigenvalue weighted by Crippen LogP contribution is 2.10. The van der Waals surface area contributed by atoms with Crippen molar-refractivity contribution in [2.45, 2.75) is 13.3 Å². The molecule has 56 valence electrons. The number of rotatable bonds is 1. The maximum absolute atomic E-state index is 10.7. The molecule has 0 unspecified atom stereocenters. The summed E-state index contributed by atoms with van der Waals surface area (Å²) < 4.78 is 4.23. The van der Waals surface area contributed by atoms with E-state index in [-0.39, 0.29) is 0 Å². The molecule has 0 N–H and O–H groups in total. The zero-order valence-corrected chi connectivity index (χ0v) is 6.01. The predicted octanol–water partition coefficient (Wildman–Crippen LogP) is 0.410. The highest BCUT2D eigenvalue weighted by molar-refractivity contribution is 6.09. The van der Waals surface area contributed by atoms with Gasteiger partial charge in [-0.2, -0.15) is 0 Å². The van der Waals surface area contributed by atoms with Crippen LogP contribution >= 0.6 is 0 Å². The van der Waals surface area contributed by atoms with Gasteiger partial charge >= 0.3 is 11.9 Å². The molecule has 1 aliphatic heterocycles. The van der Waals surface area contributed by atoms with Crippen LogP contribution in [-0.2, 0) is 14.3 Å². The summed E-state index contributed by atoms with van der Waals surface area (Å²) in [6.45, 7) is 1.67. The second-order valence-corrected chi connectivity index (χ2v) is 1.98. The first-order valence-electron chi connectivity index (χ1n) is 3.10. The summed E-state index contributed by atoms with van der Waals surface area (Å²) in [6, 6.07) is 0. The standard InChI is InChI=1S/C8H6O3/c1-2-3-4-6-5-7(9)11-8(6)10/h5H,4H2,1H3. The summed E-state index contributed by atoms with van der Waals surface area (Å²) in [5.41, 5.74) is 0.337. The van der Waals surface area contributed by atoms with Crippen molar-refractivity contribution in [1.29, 1.82) is 0 Å². The molecule has 0 spiro atoms. The molecule has 3 nitrogen and oxygen atoms in total. The van der Waals surface area contributed by atoms with Gasteiger partial charge in [0.2, 0.25) is 0 Å². The number of ether oxygens (including phenoxy) is 1. The van der Waals surface area contributed by atoms with Gasteiger partial charge < -0.3 is 4.74 Å². The fraction of sp³-hybridized carbons (Fsp3) is 0.250. The Morgan fingerprint density at radius 1 is 1.55 bits per heavy atom. The van der Waals surface area contributed by atoms with Crippen LogP contribution in [0.2, 0.25) is 0 Å². The van der Waals surface area contributed by atoms with Gasteiger partial charge in [0.15, 0.2) is 0 Å². The molecular weight excluding hydrogens is 144 g/mol. The predicted molar refractivity (Wildman–Crippen MR) is 37.2 cm³/mol. The fourth-order valence-electron chi connectivity index (χ4n) is 0.694. The Morgan fingerprint density at radius 2 is 2.27 bits per heavy atom. The zero-order chi connectivity index (χ0) is 8.27. The van der Waals surface area contributed by atoms with Crippen molar-refractivity contribution in [3.8, 4) is 11.8 Å². The van der Waals surface area contributed by atoms with Crippen LogP contribution in [0.15, 0.2) is 11.6 Å². The van der Waals surface area contributed by atoms with E-state index < -0.39 is 11.9 Å². The van der Waals surface area contributed by atoms with Crippen molar-refractivity contribution in [2.24, 2.45) is 0 Å². The molecule has 1 heterocycles. The molecule has 0 amide bonds. The Balaban J connectivity index is 2.69. The van der Waals surface area contributed by atoms with Crippen LogP contribution in [0.25, 0.3) is 0 Å². The van der Waals surface area contributed by atoms with Gasteiger partial charge in [0.25, 0.3) is 0 Å². The molecule has 0 fully saturated rings. The first-order chi connectivity index (χ1) is 5.24. The lowest BCUT2D eigenvalue weighted by Gasteiger charge is -1.88. The van der Waals surface area contributed by atoms with Crippen molar-refractivity contribution < 1.29 is 14.3 Å². The van der Waals surface area contributed by atoms with Gasteiger partial charge in [-0.1, -0.05) is 5.92 Å². The smallest absolute Gasteiger partial charge is 0.343 e. The number of carbonyl (C=O) groups is 2. The second kappa shape index (κ2) is 3.02. The summed E-state index contributed by atoms with van der Waals surface area (Å²) in [6.07, 6.45) is 1.47. The molecule has 0 aromatic heterocycles. The van der Waals surface area contributed by atoms with Crippen LogP contribution in [0.4, 0.5) is 0 Å². The molecule has 3 heteroatoms. The molecule has 0 bridgehead atoms. The van der Waals surface area contributed by atoms with Gasteiger partial charge in [-0.05, 0) is 6.92 Å². The van der Waals surface area contributed by atoms with Crippen LogP contribution in [-0.4, -0.2) is 11.9 Å². The van der Waals surface area contributed by atoms with E-state index in [1.165, 1.54) is 6.08 Å². The maximum atomic E-state index is 10.7. The van der Waals surface area contributed by atoms with Crippen LogP contribution in [0.1, 0.15) is 13.3 Å². The van der Waals surface area contributed by atoms with Gasteiger partial charge in [0.1, 0.15) is 0 Å². The van der Waals surface area contributed by atoms with Crippen molar-refractivity contribution in [2.75, 3.05) is 0 Å². The third-order valence-corrected chi connectivity index (χ3v) is 1.20. The molecule has 0 saturated carbocycles. The zero-order valence-electron chi connectivity index (χ0n) is 6.01. The van der Waals surface area contributed by atoms with Crippen molar-refractivity contribution in [3.05, 3.63) is 11.6 Å². The largest absolute Gasteiger partial charge is 0.386 e. The topological polar surface area (TPSA) is 43.4 Å². The molecule has 1 aliphatic rings. The van der Waals surface area contributed by atoms with E-state index in [0.717, 1.165) is 0 Å². The van der Waals surface area contributed by atoms with E-state index in [1.54, 1.807) is 6.92 Å². The number of hydrogen-bond donors (Lipinski definition) is 0. The summed E-state index contributed by atoms with van der Waals surface area (Å²) in [7, 11) is 0.